The van der Waals surface area contributed by atoms with E-state index < -0.39 is 5.97 Å². The maximum absolute atomic E-state index is 12.5. The van der Waals surface area contributed by atoms with Crippen LogP contribution in [-0.2, 0) is 14.3 Å². The minimum atomic E-state index is -0.731. The van der Waals surface area contributed by atoms with Gasteiger partial charge in [0, 0.05) is 12.8 Å². The van der Waals surface area contributed by atoms with Crippen molar-refractivity contribution in [1.82, 2.24) is 0 Å². The van der Waals surface area contributed by atoms with E-state index in [9.17, 15) is 9.59 Å². The third-order valence-corrected chi connectivity index (χ3v) is 8.34. The lowest BCUT2D eigenvalue weighted by molar-refractivity contribution is -0.145. The molecule has 0 aromatic carbocycles. The zero-order valence-corrected chi connectivity index (χ0v) is 29.2. The molecule has 0 aromatic rings. The first-order valence-electron chi connectivity index (χ1n) is 19.0. The van der Waals surface area contributed by atoms with Crippen LogP contribution in [-0.4, -0.2) is 23.1 Å². The van der Waals surface area contributed by atoms with E-state index in [4.69, 9.17) is 9.84 Å². The number of ether oxygens (including phenoxy) is 1. The summed E-state index contributed by atoms with van der Waals surface area (Å²) in [5.74, 6) is -0.849. The average molecular weight is 617 g/mol. The Morgan fingerprint density at radius 2 is 0.955 bits per heavy atom. The fraction of sp³-hybridized carbons (Fsp3) is 0.800. The molecule has 0 heterocycles. The zero-order chi connectivity index (χ0) is 32.2. The summed E-state index contributed by atoms with van der Waals surface area (Å²) < 4.78 is 5.75. The molecule has 0 saturated heterocycles. The van der Waals surface area contributed by atoms with Gasteiger partial charge in [0.1, 0.15) is 6.10 Å². The number of aliphatic carboxylic acids is 1. The van der Waals surface area contributed by atoms with Gasteiger partial charge < -0.3 is 9.84 Å². The molecule has 0 amide bonds. The molecule has 0 fully saturated rings. The lowest BCUT2D eigenvalue weighted by Gasteiger charge is -2.11. The largest absolute Gasteiger partial charge is 0.481 e. The van der Waals surface area contributed by atoms with Gasteiger partial charge in [0.25, 0.3) is 0 Å². The van der Waals surface area contributed by atoms with E-state index in [1.54, 1.807) is 0 Å². The van der Waals surface area contributed by atoms with Crippen molar-refractivity contribution < 1.29 is 19.4 Å². The molecular formula is C40H72O4. The summed E-state index contributed by atoms with van der Waals surface area (Å²) in [4.78, 5) is 23.1. The van der Waals surface area contributed by atoms with E-state index in [0.717, 1.165) is 44.9 Å². The predicted molar refractivity (Wildman–Crippen MR) is 190 cm³/mol. The van der Waals surface area contributed by atoms with Crippen LogP contribution in [0.4, 0.5) is 0 Å². The molecule has 1 atom stereocenters. The van der Waals surface area contributed by atoms with Gasteiger partial charge in [-0.05, 0) is 50.7 Å². The van der Waals surface area contributed by atoms with E-state index in [1.165, 1.54) is 122 Å². The molecule has 0 spiro atoms. The summed E-state index contributed by atoms with van der Waals surface area (Å²) >= 11 is 0. The molecule has 0 aromatic heterocycles. The zero-order valence-electron chi connectivity index (χ0n) is 29.2. The van der Waals surface area contributed by atoms with Crippen molar-refractivity contribution in [2.45, 2.75) is 206 Å². The normalized spacial score (nSPS) is 12.6. The van der Waals surface area contributed by atoms with Crippen molar-refractivity contribution in [2.75, 3.05) is 0 Å². The first-order chi connectivity index (χ1) is 21.6. The van der Waals surface area contributed by atoms with E-state index in [2.05, 4.69) is 38.2 Å². The number of rotatable bonds is 34. The number of hydrogen-bond donors (Lipinski definition) is 1. The highest BCUT2D eigenvalue weighted by Crippen LogP contribution is 2.16. The summed E-state index contributed by atoms with van der Waals surface area (Å²) in [6, 6.07) is 0. The Hall–Kier alpha value is -1.84. The van der Waals surface area contributed by atoms with Crippen molar-refractivity contribution in [3.63, 3.8) is 0 Å². The van der Waals surface area contributed by atoms with Gasteiger partial charge >= 0.3 is 11.9 Å². The SMILES string of the molecule is CC/C=C\C/C=C\C(/C=C\CCCCCC(=O)O)OC(=O)CCCCCCCCCCCCCCCCCCCCCCC. The van der Waals surface area contributed by atoms with Crippen molar-refractivity contribution >= 4 is 11.9 Å². The Kier molecular flexibility index (Phi) is 34.1. The molecule has 256 valence electrons. The molecule has 0 bridgehead atoms. The van der Waals surface area contributed by atoms with E-state index in [1.807, 2.05) is 12.2 Å². The topological polar surface area (TPSA) is 63.6 Å². The molecule has 4 nitrogen and oxygen atoms in total. The fourth-order valence-corrected chi connectivity index (χ4v) is 5.55. The number of hydrogen-bond acceptors (Lipinski definition) is 3. The Morgan fingerprint density at radius 3 is 1.43 bits per heavy atom. The van der Waals surface area contributed by atoms with Gasteiger partial charge in [-0.2, -0.15) is 0 Å². The molecule has 1 N–H and O–H groups in total. The second-order valence-corrected chi connectivity index (χ2v) is 12.7. The molecule has 44 heavy (non-hydrogen) atoms. The number of carbonyl (C=O) groups is 2. The summed E-state index contributed by atoms with van der Waals surface area (Å²) in [7, 11) is 0. The molecule has 1 unspecified atom stereocenters. The third-order valence-electron chi connectivity index (χ3n) is 8.34. The Bertz CT molecular complexity index is 708. The van der Waals surface area contributed by atoms with Gasteiger partial charge in [-0.1, -0.05) is 173 Å². The van der Waals surface area contributed by atoms with Gasteiger partial charge in [-0.25, -0.2) is 0 Å². The van der Waals surface area contributed by atoms with E-state index >= 15 is 0 Å². The number of unbranched alkanes of at least 4 members (excludes halogenated alkanes) is 23. The van der Waals surface area contributed by atoms with E-state index in [0.29, 0.717) is 12.8 Å². The van der Waals surface area contributed by atoms with Crippen LogP contribution in [0.2, 0.25) is 0 Å². The standard InChI is InChI=1S/C40H72O4/c1-3-5-7-9-10-11-12-13-14-15-16-17-18-19-20-21-22-23-24-29-33-37-40(43)44-38(34-30-26-8-6-4-2)35-31-27-25-28-32-36-39(41)42/h6,8,30-31,34-35,38H,3-5,7,9-29,32-33,36-37H2,1-2H3,(H,41,42)/b8-6-,34-30-,35-31-. The average Bonchev–Trinajstić information content (AvgIpc) is 3.00. The lowest BCUT2D eigenvalue weighted by Crippen LogP contribution is -2.13. The van der Waals surface area contributed by atoms with Crippen LogP contribution >= 0.6 is 0 Å². The van der Waals surface area contributed by atoms with Crippen LogP contribution in [0.3, 0.4) is 0 Å². The molecule has 0 aliphatic heterocycles. The molecule has 0 rings (SSSR count). The predicted octanol–water partition coefficient (Wildman–Crippen LogP) is 13.0. The van der Waals surface area contributed by atoms with Crippen molar-refractivity contribution in [2.24, 2.45) is 0 Å². The van der Waals surface area contributed by atoms with Crippen molar-refractivity contribution in [3.8, 4) is 0 Å². The van der Waals surface area contributed by atoms with Crippen LogP contribution < -0.4 is 0 Å². The van der Waals surface area contributed by atoms with Crippen molar-refractivity contribution in [3.05, 3.63) is 36.5 Å². The fourth-order valence-electron chi connectivity index (χ4n) is 5.55. The van der Waals surface area contributed by atoms with Crippen LogP contribution in [0.15, 0.2) is 36.5 Å². The number of esters is 1. The minimum absolute atomic E-state index is 0.118. The monoisotopic (exact) mass is 617 g/mol. The van der Waals surface area contributed by atoms with Crippen LogP contribution in [0, 0.1) is 0 Å². The Morgan fingerprint density at radius 1 is 0.523 bits per heavy atom. The second-order valence-electron chi connectivity index (χ2n) is 12.7. The first-order valence-corrected chi connectivity index (χ1v) is 19.0. The number of carbonyl (C=O) groups excluding carboxylic acids is 1. The van der Waals surface area contributed by atoms with Gasteiger partial charge in [0.2, 0.25) is 0 Å². The molecule has 0 saturated carbocycles. The van der Waals surface area contributed by atoms with Gasteiger partial charge in [-0.3, -0.25) is 9.59 Å². The summed E-state index contributed by atoms with van der Waals surface area (Å²) in [5.41, 5.74) is 0. The summed E-state index contributed by atoms with van der Waals surface area (Å²) in [6.07, 6.45) is 46.5. The van der Waals surface area contributed by atoms with Crippen molar-refractivity contribution in [1.29, 1.82) is 0 Å². The Labute approximate surface area is 273 Å². The summed E-state index contributed by atoms with van der Waals surface area (Å²) in [5, 5.41) is 8.74. The minimum Gasteiger partial charge on any atom is -0.481 e. The third kappa shape index (κ3) is 34.6. The molecule has 0 radical (unpaired) electrons. The summed E-state index contributed by atoms with van der Waals surface area (Å²) in [6.45, 7) is 4.41. The number of carboxylic acids is 1. The smallest absolute Gasteiger partial charge is 0.306 e. The number of allylic oxidation sites excluding steroid dienone is 4. The van der Waals surface area contributed by atoms with Gasteiger partial charge in [-0.15, -0.1) is 0 Å². The maximum Gasteiger partial charge on any atom is 0.306 e. The van der Waals surface area contributed by atoms with Gasteiger partial charge in [0.15, 0.2) is 0 Å². The highest BCUT2D eigenvalue weighted by molar-refractivity contribution is 5.69. The molecule has 0 aliphatic carbocycles. The van der Waals surface area contributed by atoms with Crippen LogP contribution in [0.25, 0.3) is 0 Å². The number of carboxylic acid groups (broad SMARTS) is 1. The Balaban J connectivity index is 3.76. The maximum atomic E-state index is 12.5. The molecular weight excluding hydrogens is 544 g/mol. The quantitative estimate of drug-likeness (QED) is 0.0444. The van der Waals surface area contributed by atoms with Gasteiger partial charge in [0.05, 0.1) is 0 Å². The lowest BCUT2D eigenvalue weighted by atomic mass is 10.0. The van der Waals surface area contributed by atoms with Crippen LogP contribution in [0.1, 0.15) is 200 Å². The van der Waals surface area contributed by atoms with Crippen LogP contribution in [0.5, 0.6) is 0 Å². The van der Waals surface area contributed by atoms with E-state index in [-0.39, 0.29) is 18.5 Å². The molecule has 4 heteroatoms. The highest BCUT2D eigenvalue weighted by atomic mass is 16.5. The molecule has 0 aliphatic rings. The second kappa shape index (κ2) is 35.6. The first kappa shape index (κ1) is 42.2. The highest BCUT2D eigenvalue weighted by Gasteiger charge is 2.08.